The fraction of sp³-hybridized carbons (Fsp3) is 0.333. The van der Waals surface area contributed by atoms with Crippen molar-refractivity contribution in [2.45, 2.75) is 38.8 Å². The number of carbonyl (C=O) groups is 2. The molecule has 0 spiro atoms. The normalized spacial score (nSPS) is 12.1. The minimum absolute atomic E-state index is 0.165. The Labute approximate surface area is 140 Å². The number of carbonyl (C=O) groups excluding carboxylic acids is 1. The molecule has 0 bridgehead atoms. The molecule has 1 aromatic heterocycles. The third-order valence-corrected chi connectivity index (χ3v) is 3.65. The lowest BCUT2D eigenvalue weighted by atomic mass is 10.0. The molecule has 0 aliphatic carbocycles. The Morgan fingerprint density at radius 2 is 1.88 bits per heavy atom. The van der Waals surface area contributed by atoms with Crippen LogP contribution in [0.1, 0.15) is 37.5 Å². The van der Waals surface area contributed by atoms with Crippen molar-refractivity contribution in [2.24, 2.45) is 0 Å². The molecule has 1 amide bonds. The number of amides is 1. The van der Waals surface area contributed by atoms with Gasteiger partial charge in [-0.1, -0.05) is 26.0 Å². The minimum atomic E-state index is -1.08. The molecule has 1 heterocycles. The quantitative estimate of drug-likeness (QED) is 0.692. The summed E-state index contributed by atoms with van der Waals surface area (Å²) in [5.41, 5.74) is 1.83. The monoisotopic (exact) mass is 330 g/mol. The summed E-state index contributed by atoms with van der Waals surface area (Å²) in [6.07, 6.45) is 1.35. The molecule has 0 radical (unpaired) electrons. The highest BCUT2D eigenvalue weighted by molar-refractivity contribution is 5.94. The third-order valence-electron chi connectivity index (χ3n) is 3.65. The molecule has 3 N–H and O–H groups in total. The van der Waals surface area contributed by atoms with Gasteiger partial charge >= 0.3 is 5.97 Å². The second-order valence-corrected chi connectivity index (χ2v) is 5.88. The molecule has 0 saturated carbocycles. The van der Waals surface area contributed by atoms with Gasteiger partial charge in [-0.15, -0.1) is 0 Å². The Hall–Kier alpha value is -2.60. The van der Waals surface area contributed by atoms with Crippen molar-refractivity contribution in [1.82, 2.24) is 5.32 Å². The lowest BCUT2D eigenvalue weighted by Gasteiger charge is -2.14. The number of nitrogens with one attached hydrogen (secondary N) is 2. The molecule has 128 valence electrons. The maximum atomic E-state index is 12.1. The first kappa shape index (κ1) is 17.7. The number of hydrogen-bond acceptors (Lipinski definition) is 4. The molecule has 2 rings (SSSR count). The van der Waals surface area contributed by atoms with Crippen LogP contribution in [0.15, 0.2) is 47.1 Å². The van der Waals surface area contributed by atoms with Gasteiger partial charge in [0, 0.05) is 5.69 Å². The van der Waals surface area contributed by atoms with Crippen LogP contribution in [0.5, 0.6) is 0 Å². The number of furan rings is 1. The van der Waals surface area contributed by atoms with E-state index < -0.39 is 12.0 Å². The average molecular weight is 330 g/mol. The Bertz CT molecular complexity index is 663. The smallest absolute Gasteiger partial charge is 0.321 e. The fourth-order valence-corrected chi connectivity index (χ4v) is 2.23. The van der Waals surface area contributed by atoms with Gasteiger partial charge in [0.2, 0.25) is 5.91 Å². The van der Waals surface area contributed by atoms with Gasteiger partial charge in [-0.25, -0.2) is 0 Å². The molecular formula is C18H22N2O4. The second kappa shape index (κ2) is 8.31. The van der Waals surface area contributed by atoms with Crippen LogP contribution in [0, 0.1) is 0 Å². The lowest BCUT2D eigenvalue weighted by molar-refractivity contribution is -0.141. The Morgan fingerprint density at radius 1 is 1.17 bits per heavy atom. The first-order valence-corrected chi connectivity index (χ1v) is 7.84. The Balaban J connectivity index is 1.88. The van der Waals surface area contributed by atoms with Crippen molar-refractivity contribution >= 4 is 17.6 Å². The summed E-state index contributed by atoms with van der Waals surface area (Å²) in [7, 11) is 0. The van der Waals surface area contributed by atoms with Crippen molar-refractivity contribution < 1.29 is 19.1 Å². The molecule has 0 aliphatic heterocycles. The second-order valence-electron chi connectivity index (χ2n) is 5.88. The van der Waals surface area contributed by atoms with Crippen molar-refractivity contribution in [3.8, 4) is 0 Å². The maximum absolute atomic E-state index is 12.1. The van der Waals surface area contributed by atoms with E-state index in [2.05, 4.69) is 24.5 Å². The highest BCUT2D eigenvalue weighted by Crippen LogP contribution is 2.17. The molecule has 2 aromatic rings. The van der Waals surface area contributed by atoms with Crippen molar-refractivity contribution in [1.29, 1.82) is 0 Å². The van der Waals surface area contributed by atoms with Gasteiger partial charge in [0.15, 0.2) is 0 Å². The highest BCUT2D eigenvalue weighted by Gasteiger charge is 2.21. The standard InChI is InChI=1S/C18H22N2O4/c1-12(2)13-5-7-14(8-6-13)20-17(21)10-16(18(22)23)19-11-15-4-3-9-24-15/h3-9,12,16,19H,10-11H2,1-2H3,(H,20,21)(H,22,23)/t16-/m0/s1. The first-order chi connectivity index (χ1) is 11.5. The summed E-state index contributed by atoms with van der Waals surface area (Å²) in [4.78, 5) is 23.4. The van der Waals surface area contributed by atoms with Gasteiger partial charge < -0.3 is 14.8 Å². The van der Waals surface area contributed by atoms with Gasteiger partial charge in [-0.2, -0.15) is 0 Å². The number of rotatable bonds is 8. The van der Waals surface area contributed by atoms with Gasteiger partial charge in [0.1, 0.15) is 11.8 Å². The molecule has 1 atom stereocenters. The van der Waals surface area contributed by atoms with E-state index in [-0.39, 0.29) is 18.9 Å². The average Bonchev–Trinajstić information content (AvgIpc) is 3.05. The molecule has 0 fully saturated rings. The summed E-state index contributed by atoms with van der Waals surface area (Å²) >= 11 is 0. The van der Waals surface area contributed by atoms with E-state index in [0.717, 1.165) is 0 Å². The van der Waals surface area contributed by atoms with Gasteiger partial charge in [-0.3, -0.25) is 14.9 Å². The number of benzene rings is 1. The minimum Gasteiger partial charge on any atom is -0.480 e. The van der Waals surface area contributed by atoms with Crippen LogP contribution in [0.25, 0.3) is 0 Å². The number of carboxylic acid groups (broad SMARTS) is 1. The van der Waals surface area contributed by atoms with E-state index in [1.54, 1.807) is 12.1 Å². The molecule has 6 nitrogen and oxygen atoms in total. The first-order valence-electron chi connectivity index (χ1n) is 7.84. The van der Waals surface area contributed by atoms with E-state index in [4.69, 9.17) is 4.42 Å². The van der Waals surface area contributed by atoms with Crippen LogP contribution >= 0.6 is 0 Å². The molecule has 0 aliphatic rings. The predicted molar refractivity (Wildman–Crippen MR) is 90.7 cm³/mol. The third kappa shape index (κ3) is 5.24. The number of carboxylic acids is 1. The zero-order chi connectivity index (χ0) is 17.5. The van der Waals surface area contributed by atoms with Crippen LogP contribution in [0.2, 0.25) is 0 Å². The van der Waals surface area contributed by atoms with Crippen LogP contribution in [-0.2, 0) is 16.1 Å². The van der Waals surface area contributed by atoms with Gasteiger partial charge in [0.05, 0.1) is 19.2 Å². The zero-order valence-corrected chi connectivity index (χ0v) is 13.8. The predicted octanol–water partition coefficient (Wildman–Crippen LogP) is 2.97. The summed E-state index contributed by atoms with van der Waals surface area (Å²) in [5, 5.41) is 14.8. The van der Waals surface area contributed by atoms with Crippen molar-refractivity contribution in [3.63, 3.8) is 0 Å². The maximum Gasteiger partial charge on any atom is 0.321 e. The van der Waals surface area contributed by atoms with Crippen molar-refractivity contribution in [2.75, 3.05) is 5.32 Å². The van der Waals surface area contributed by atoms with E-state index >= 15 is 0 Å². The van der Waals surface area contributed by atoms with Crippen LogP contribution in [0.4, 0.5) is 5.69 Å². The molecule has 0 unspecified atom stereocenters. The van der Waals surface area contributed by atoms with E-state index in [9.17, 15) is 14.7 Å². The lowest BCUT2D eigenvalue weighted by Crippen LogP contribution is -2.39. The summed E-state index contributed by atoms with van der Waals surface area (Å²) in [6.45, 7) is 4.44. The fourth-order valence-electron chi connectivity index (χ4n) is 2.23. The van der Waals surface area contributed by atoms with Gasteiger partial charge in [-0.05, 0) is 35.7 Å². The Morgan fingerprint density at radius 3 is 2.42 bits per heavy atom. The van der Waals surface area contributed by atoms with Crippen molar-refractivity contribution in [3.05, 3.63) is 54.0 Å². The topological polar surface area (TPSA) is 91.6 Å². The molecule has 6 heteroatoms. The van der Waals surface area contributed by atoms with Gasteiger partial charge in [0.25, 0.3) is 0 Å². The van der Waals surface area contributed by atoms with E-state index in [1.165, 1.54) is 11.8 Å². The summed E-state index contributed by atoms with van der Waals surface area (Å²) in [5.74, 6) is -0.402. The van der Waals surface area contributed by atoms with Crippen LogP contribution in [-0.4, -0.2) is 23.0 Å². The van der Waals surface area contributed by atoms with Crippen LogP contribution in [0.3, 0.4) is 0 Å². The Kier molecular flexibility index (Phi) is 6.14. The number of anilines is 1. The van der Waals surface area contributed by atoms with Crippen LogP contribution < -0.4 is 10.6 Å². The largest absolute Gasteiger partial charge is 0.480 e. The molecule has 24 heavy (non-hydrogen) atoms. The number of hydrogen-bond donors (Lipinski definition) is 3. The molecule has 0 saturated heterocycles. The zero-order valence-electron chi connectivity index (χ0n) is 13.8. The highest BCUT2D eigenvalue weighted by atomic mass is 16.4. The van der Waals surface area contributed by atoms with E-state index in [0.29, 0.717) is 17.4 Å². The molecular weight excluding hydrogens is 308 g/mol. The number of aliphatic carboxylic acids is 1. The molecule has 1 aromatic carbocycles. The summed E-state index contributed by atoms with van der Waals surface area (Å²) < 4.78 is 5.14. The summed E-state index contributed by atoms with van der Waals surface area (Å²) in [6, 6.07) is 10.0. The SMILES string of the molecule is CC(C)c1ccc(NC(=O)C[C@H](NCc2ccco2)C(=O)O)cc1. The van der Waals surface area contributed by atoms with E-state index in [1.807, 2.05) is 24.3 Å².